The van der Waals surface area contributed by atoms with Gasteiger partial charge in [0.2, 0.25) is 0 Å². The van der Waals surface area contributed by atoms with E-state index < -0.39 is 0 Å². The summed E-state index contributed by atoms with van der Waals surface area (Å²) >= 11 is 0. The van der Waals surface area contributed by atoms with Crippen LogP contribution in [-0.4, -0.2) is 12.1 Å². The Kier molecular flexibility index (Phi) is 2.72. The molecule has 2 aliphatic carbocycles. The molecule has 86 valence electrons. The minimum Gasteiger partial charge on any atom is -0.303 e. The van der Waals surface area contributed by atoms with Gasteiger partial charge in [-0.05, 0) is 48.8 Å². The first-order valence-electron chi connectivity index (χ1n) is 6.75. The molecule has 1 saturated carbocycles. The molecule has 0 radical (unpaired) electrons. The van der Waals surface area contributed by atoms with E-state index in [4.69, 9.17) is 0 Å². The zero-order valence-electron chi connectivity index (χ0n) is 10.1. The summed E-state index contributed by atoms with van der Waals surface area (Å²) in [5.41, 5.74) is 4.99. The van der Waals surface area contributed by atoms with Crippen molar-refractivity contribution in [2.45, 2.75) is 57.5 Å². The van der Waals surface area contributed by atoms with Crippen molar-refractivity contribution in [2.75, 3.05) is 0 Å². The minimum absolute atomic E-state index is 0.604. The van der Waals surface area contributed by atoms with Gasteiger partial charge in [-0.15, -0.1) is 0 Å². The fourth-order valence-electron chi connectivity index (χ4n) is 3.52. The smallest absolute Gasteiger partial charge is 0.0363 e. The van der Waals surface area contributed by atoms with Gasteiger partial charge in [-0.25, -0.2) is 0 Å². The van der Waals surface area contributed by atoms with Crippen LogP contribution in [0.2, 0.25) is 0 Å². The van der Waals surface area contributed by atoms with E-state index in [0.29, 0.717) is 12.1 Å². The number of hydrogen-bond donors (Lipinski definition) is 1. The average molecular weight is 215 g/mol. The molecular formula is C15H21N. The van der Waals surface area contributed by atoms with Gasteiger partial charge in [0, 0.05) is 12.1 Å². The summed E-state index contributed by atoms with van der Waals surface area (Å²) in [6.45, 7) is 2.32. The van der Waals surface area contributed by atoms with Crippen LogP contribution < -0.4 is 5.32 Å². The molecule has 0 aromatic heterocycles. The Balaban J connectivity index is 2.03. The maximum absolute atomic E-state index is 3.84. The molecule has 0 saturated heterocycles. The lowest BCUT2D eigenvalue weighted by atomic mass is 9.76. The molecule has 0 amide bonds. The molecule has 0 aromatic rings. The summed E-state index contributed by atoms with van der Waals surface area (Å²) in [7, 11) is 0. The second-order valence-electron chi connectivity index (χ2n) is 5.16. The van der Waals surface area contributed by atoms with Crippen LogP contribution in [0.25, 0.3) is 0 Å². The van der Waals surface area contributed by atoms with E-state index >= 15 is 0 Å². The molecule has 1 heteroatoms. The monoisotopic (exact) mass is 215 g/mol. The Bertz CT molecular complexity index is 373. The normalized spacial score (nSPS) is 33.2. The highest BCUT2D eigenvalue weighted by atomic mass is 15.0. The summed E-state index contributed by atoms with van der Waals surface area (Å²) in [5.74, 6) is 0. The number of hydrogen-bond acceptors (Lipinski definition) is 1. The van der Waals surface area contributed by atoms with Crippen LogP contribution in [0.5, 0.6) is 0 Å². The van der Waals surface area contributed by atoms with E-state index in [-0.39, 0.29) is 0 Å². The molecule has 0 bridgehead atoms. The lowest BCUT2D eigenvalue weighted by Crippen LogP contribution is -2.46. The van der Waals surface area contributed by atoms with Gasteiger partial charge in [0.05, 0.1) is 0 Å². The highest BCUT2D eigenvalue weighted by molar-refractivity contribution is 5.47. The third-order valence-corrected chi connectivity index (χ3v) is 4.26. The van der Waals surface area contributed by atoms with E-state index in [2.05, 4.69) is 30.5 Å². The largest absolute Gasteiger partial charge is 0.303 e. The summed E-state index contributed by atoms with van der Waals surface area (Å²) in [5, 5.41) is 3.84. The molecule has 3 aliphatic rings. The second-order valence-corrected chi connectivity index (χ2v) is 5.16. The standard InChI is InChI=1S/C15H21N/c1-2-11-12-7-3-5-9-14(12)16-15-10-6-4-8-13(11)15/h3,5,7,14-16H,2,4,6,8-10H2,1H3. The predicted molar refractivity (Wildman–Crippen MR) is 68.3 cm³/mol. The first-order valence-corrected chi connectivity index (χ1v) is 6.75. The Labute approximate surface area is 98.3 Å². The molecule has 2 atom stereocenters. The molecular weight excluding hydrogens is 194 g/mol. The fourth-order valence-corrected chi connectivity index (χ4v) is 3.52. The van der Waals surface area contributed by atoms with Crippen molar-refractivity contribution >= 4 is 0 Å². The van der Waals surface area contributed by atoms with Gasteiger partial charge in [0.15, 0.2) is 0 Å². The van der Waals surface area contributed by atoms with Crippen molar-refractivity contribution in [3.05, 3.63) is 34.9 Å². The van der Waals surface area contributed by atoms with E-state index in [9.17, 15) is 0 Å². The van der Waals surface area contributed by atoms with Crippen LogP contribution in [-0.2, 0) is 0 Å². The van der Waals surface area contributed by atoms with Crippen LogP contribution >= 0.6 is 0 Å². The third kappa shape index (κ3) is 1.58. The van der Waals surface area contributed by atoms with Gasteiger partial charge >= 0.3 is 0 Å². The molecule has 0 spiro atoms. The first kappa shape index (κ1) is 10.3. The van der Waals surface area contributed by atoms with Crippen LogP contribution in [0.4, 0.5) is 0 Å². The molecule has 2 unspecified atom stereocenters. The number of rotatable bonds is 1. The van der Waals surface area contributed by atoms with Crippen LogP contribution in [0.15, 0.2) is 34.9 Å². The third-order valence-electron chi connectivity index (χ3n) is 4.26. The van der Waals surface area contributed by atoms with Crippen molar-refractivity contribution in [2.24, 2.45) is 0 Å². The molecule has 1 aliphatic heterocycles. The Morgan fingerprint density at radius 3 is 3.12 bits per heavy atom. The van der Waals surface area contributed by atoms with Crippen molar-refractivity contribution in [1.82, 2.24) is 5.32 Å². The van der Waals surface area contributed by atoms with Gasteiger partial charge in [0.25, 0.3) is 0 Å². The number of fused-ring (bicyclic) bond motifs is 2. The highest BCUT2D eigenvalue weighted by Gasteiger charge is 2.32. The molecule has 3 rings (SSSR count). The van der Waals surface area contributed by atoms with Crippen LogP contribution in [0.3, 0.4) is 0 Å². The molecule has 0 aromatic carbocycles. The molecule has 16 heavy (non-hydrogen) atoms. The second kappa shape index (κ2) is 4.21. The Morgan fingerprint density at radius 1 is 1.31 bits per heavy atom. The summed E-state index contributed by atoms with van der Waals surface area (Å²) < 4.78 is 0. The lowest BCUT2D eigenvalue weighted by molar-refractivity contribution is 0.398. The fraction of sp³-hybridized carbons (Fsp3) is 0.600. The Morgan fingerprint density at radius 2 is 2.25 bits per heavy atom. The zero-order valence-corrected chi connectivity index (χ0v) is 10.1. The van der Waals surface area contributed by atoms with Crippen molar-refractivity contribution < 1.29 is 0 Å². The van der Waals surface area contributed by atoms with Gasteiger partial charge in [-0.3, -0.25) is 0 Å². The summed E-state index contributed by atoms with van der Waals surface area (Å²) in [6.07, 6.45) is 14.7. The predicted octanol–water partition coefficient (Wildman–Crippen LogP) is 3.49. The van der Waals surface area contributed by atoms with Crippen LogP contribution in [0.1, 0.15) is 45.4 Å². The van der Waals surface area contributed by atoms with E-state index in [1.807, 2.05) is 0 Å². The van der Waals surface area contributed by atoms with Gasteiger partial charge in [-0.1, -0.05) is 31.6 Å². The SMILES string of the molecule is CCC1=C2CCCCC2NC2CC=CC=C12. The number of nitrogens with one attached hydrogen (secondary N) is 1. The molecule has 1 heterocycles. The van der Waals surface area contributed by atoms with Gasteiger partial charge < -0.3 is 5.32 Å². The van der Waals surface area contributed by atoms with E-state index in [0.717, 1.165) is 0 Å². The van der Waals surface area contributed by atoms with E-state index in [1.165, 1.54) is 38.5 Å². The van der Waals surface area contributed by atoms with Crippen molar-refractivity contribution in [3.8, 4) is 0 Å². The van der Waals surface area contributed by atoms with Crippen LogP contribution in [0, 0.1) is 0 Å². The highest BCUT2D eigenvalue weighted by Crippen LogP contribution is 2.38. The van der Waals surface area contributed by atoms with Gasteiger partial charge in [-0.2, -0.15) is 0 Å². The molecule has 1 fully saturated rings. The lowest BCUT2D eigenvalue weighted by Gasteiger charge is -2.40. The first-order chi connectivity index (χ1) is 7.90. The average Bonchev–Trinajstić information content (AvgIpc) is 2.36. The van der Waals surface area contributed by atoms with Gasteiger partial charge in [0.1, 0.15) is 0 Å². The quantitative estimate of drug-likeness (QED) is 0.706. The van der Waals surface area contributed by atoms with Crippen molar-refractivity contribution in [1.29, 1.82) is 0 Å². The van der Waals surface area contributed by atoms with E-state index in [1.54, 1.807) is 16.7 Å². The zero-order chi connectivity index (χ0) is 11.0. The molecule has 1 nitrogen and oxygen atoms in total. The molecule has 1 N–H and O–H groups in total. The summed E-state index contributed by atoms with van der Waals surface area (Å²) in [6, 6.07) is 1.30. The maximum Gasteiger partial charge on any atom is 0.0363 e. The Hall–Kier alpha value is -0.820. The summed E-state index contributed by atoms with van der Waals surface area (Å²) in [4.78, 5) is 0. The van der Waals surface area contributed by atoms with Crippen molar-refractivity contribution in [3.63, 3.8) is 0 Å². The maximum atomic E-state index is 3.84. The minimum atomic E-state index is 0.604. The number of allylic oxidation sites excluding steroid dienone is 2. The topological polar surface area (TPSA) is 12.0 Å².